The van der Waals surface area contributed by atoms with Crippen LogP contribution >= 0.6 is 0 Å². The van der Waals surface area contributed by atoms with Gasteiger partial charge in [0, 0.05) is 12.3 Å². The van der Waals surface area contributed by atoms with Crippen molar-refractivity contribution in [1.82, 2.24) is 10.6 Å². The number of nitrogens with zero attached hydrogens (tertiary/aromatic N) is 1. The number of ether oxygens (including phenoxy) is 1. The molecule has 2 aliphatic carbocycles. The lowest BCUT2D eigenvalue weighted by molar-refractivity contribution is -0.142. The number of hydrogen-bond acceptors (Lipinski definition) is 5. The van der Waals surface area contributed by atoms with Crippen molar-refractivity contribution < 1.29 is 24.2 Å². The predicted molar refractivity (Wildman–Crippen MR) is 128 cm³/mol. The number of unbranched alkanes of at least 4 members (excludes halogenated alkanes) is 1. The van der Waals surface area contributed by atoms with Crippen LogP contribution in [0.3, 0.4) is 0 Å². The molecule has 2 aromatic rings. The number of carboxylic acids is 1. The number of nitrogens with one attached hydrogen (secondary N) is 2. The quantitative estimate of drug-likeness (QED) is 0.422. The maximum atomic E-state index is 12.8. The molecule has 0 bridgehead atoms. The maximum absolute atomic E-state index is 12.8. The van der Waals surface area contributed by atoms with Crippen LogP contribution in [-0.2, 0) is 14.3 Å². The Morgan fingerprint density at radius 3 is 2.20 bits per heavy atom. The van der Waals surface area contributed by atoms with E-state index in [1.54, 1.807) is 0 Å². The summed E-state index contributed by atoms with van der Waals surface area (Å²) in [4.78, 5) is 37.1. The average molecular weight is 476 g/mol. The first-order chi connectivity index (χ1) is 17.0. The standard InChI is InChI=1S/C27H29N3O5/c28-14-6-5-11-23(25(31)29-24(26(32)33)15-17-12-13-17)30-27(34)35-16-22-20-9-3-1-7-18(20)19-8-2-4-10-21(19)22/h1-4,7-10,17,22-24H,5-6,11-13,15-16H2,(H,29,31)(H,30,34)(H,32,33). The van der Waals surface area contributed by atoms with Crippen LogP contribution < -0.4 is 10.6 Å². The summed E-state index contributed by atoms with van der Waals surface area (Å²) in [6.45, 7) is 0.103. The van der Waals surface area contributed by atoms with E-state index in [1.165, 1.54) is 0 Å². The minimum atomic E-state index is -1.10. The monoisotopic (exact) mass is 475 g/mol. The first-order valence-corrected chi connectivity index (χ1v) is 12.0. The minimum Gasteiger partial charge on any atom is -0.480 e. The van der Waals surface area contributed by atoms with Gasteiger partial charge in [-0.1, -0.05) is 61.4 Å². The molecule has 2 aromatic carbocycles. The third-order valence-corrected chi connectivity index (χ3v) is 6.61. The number of carbonyl (C=O) groups excluding carboxylic acids is 2. The summed E-state index contributed by atoms with van der Waals surface area (Å²) in [5, 5.41) is 23.5. The van der Waals surface area contributed by atoms with Crippen LogP contribution in [0, 0.1) is 17.2 Å². The van der Waals surface area contributed by atoms with Crippen LogP contribution in [0.4, 0.5) is 4.79 Å². The number of alkyl carbamates (subject to hydrolysis) is 1. The largest absolute Gasteiger partial charge is 0.480 e. The Bertz CT molecular complexity index is 1090. The Morgan fingerprint density at radius 2 is 1.63 bits per heavy atom. The van der Waals surface area contributed by atoms with Crippen molar-refractivity contribution in [3.8, 4) is 17.2 Å². The van der Waals surface area contributed by atoms with Gasteiger partial charge < -0.3 is 20.5 Å². The molecule has 1 fully saturated rings. The predicted octanol–water partition coefficient (Wildman–Crippen LogP) is 3.96. The van der Waals surface area contributed by atoms with Crippen molar-refractivity contribution in [3.05, 3.63) is 59.7 Å². The highest BCUT2D eigenvalue weighted by atomic mass is 16.5. The first kappa shape index (κ1) is 24.3. The number of benzene rings is 2. The summed E-state index contributed by atoms with van der Waals surface area (Å²) in [7, 11) is 0. The molecule has 8 heteroatoms. The summed E-state index contributed by atoms with van der Waals surface area (Å²) >= 11 is 0. The third-order valence-electron chi connectivity index (χ3n) is 6.61. The van der Waals surface area contributed by atoms with Crippen LogP contribution in [-0.4, -0.2) is 41.8 Å². The van der Waals surface area contributed by atoms with Gasteiger partial charge in [-0.05, 0) is 47.4 Å². The Hall–Kier alpha value is -3.86. The molecule has 0 saturated heterocycles. The fraction of sp³-hybridized carbons (Fsp3) is 0.407. The van der Waals surface area contributed by atoms with Crippen LogP contribution in [0.15, 0.2) is 48.5 Å². The number of carbonyl (C=O) groups is 3. The highest BCUT2D eigenvalue weighted by molar-refractivity contribution is 5.89. The highest BCUT2D eigenvalue weighted by Gasteiger charge is 2.33. The molecule has 0 spiro atoms. The minimum absolute atomic E-state index is 0.103. The van der Waals surface area contributed by atoms with Gasteiger partial charge in [0.2, 0.25) is 5.91 Å². The molecule has 4 rings (SSSR count). The summed E-state index contributed by atoms with van der Waals surface area (Å²) in [5.41, 5.74) is 4.38. The third kappa shape index (κ3) is 5.99. The fourth-order valence-corrected chi connectivity index (χ4v) is 4.62. The highest BCUT2D eigenvalue weighted by Crippen LogP contribution is 2.44. The van der Waals surface area contributed by atoms with Gasteiger partial charge >= 0.3 is 12.1 Å². The lowest BCUT2D eigenvalue weighted by Gasteiger charge is -2.22. The van der Waals surface area contributed by atoms with E-state index >= 15 is 0 Å². The molecule has 0 aromatic heterocycles. The number of rotatable bonds is 11. The lowest BCUT2D eigenvalue weighted by Crippen LogP contribution is -2.51. The van der Waals surface area contributed by atoms with Crippen LogP contribution in [0.2, 0.25) is 0 Å². The molecular formula is C27H29N3O5. The zero-order chi connectivity index (χ0) is 24.8. The van der Waals surface area contributed by atoms with Gasteiger partial charge in [-0.2, -0.15) is 5.26 Å². The molecule has 2 amide bonds. The SMILES string of the molecule is N#CCCCC(NC(=O)OCC1c2ccccc2-c2ccccc21)C(=O)NC(CC1CC1)C(=O)O. The van der Waals surface area contributed by atoms with Crippen molar-refractivity contribution in [2.45, 2.75) is 56.5 Å². The molecule has 0 radical (unpaired) electrons. The molecule has 2 aliphatic rings. The van der Waals surface area contributed by atoms with Gasteiger partial charge in [0.1, 0.15) is 18.7 Å². The van der Waals surface area contributed by atoms with E-state index in [4.69, 9.17) is 10.00 Å². The van der Waals surface area contributed by atoms with Gasteiger partial charge in [-0.25, -0.2) is 9.59 Å². The smallest absolute Gasteiger partial charge is 0.407 e. The van der Waals surface area contributed by atoms with Crippen LogP contribution in [0.1, 0.15) is 55.6 Å². The Labute approximate surface area is 204 Å². The molecular weight excluding hydrogens is 446 g/mol. The zero-order valence-corrected chi connectivity index (χ0v) is 19.4. The van der Waals surface area contributed by atoms with E-state index in [1.807, 2.05) is 54.6 Å². The number of nitriles is 1. The van der Waals surface area contributed by atoms with E-state index in [0.29, 0.717) is 18.8 Å². The van der Waals surface area contributed by atoms with E-state index < -0.39 is 30.1 Å². The summed E-state index contributed by atoms with van der Waals surface area (Å²) < 4.78 is 5.54. The van der Waals surface area contributed by atoms with Crippen molar-refractivity contribution in [2.75, 3.05) is 6.61 Å². The van der Waals surface area contributed by atoms with Gasteiger partial charge in [-0.3, -0.25) is 4.79 Å². The summed E-state index contributed by atoms with van der Waals surface area (Å²) in [5.74, 6) is -1.48. The van der Waals surface area contributed by atoms with Crippen molar-refractivity contribution in [2.24, 2.45) is 5.92 Å². The lowest BCUT2D eigenvalue weighted by atomic mass is 9.98. The second kappa shape index (κ2) is 11.0. The number of hydrogen-bond donors (Lipinski definition) is 3. The second-order valence-electron chi connectivity index (χ2n) is 9.15. The number of fused-ring (bicyclic) bond motifs is 3. The number of carboxylic acid groups (broad SMARTS) is 1. The number of amides is 2. The Kier molecular flexibility index (Phi) is 7.66. The number of aliphatic carboxylic acids is 1. The normalized spacial score (nSPS) is 15.7. The van der Waals surface area contributed by atoms with Crippen molar-refractivity contribution in [1.29, 1.82) is 5.26 Å². The molecule has 3 N–H and O–H groups in total. The average Bonchev–Trinajstić information content (AvgIpc) is 3.62. The van der Waals surface area contributed by atoms with E-state index in [2.05, 4.69) is 10.6 Å². The molecule has 182 valence electrons. The zero-order valence-electron chi connectivity index (χ0n) is 19.4. The van der Waals surface area contributed by atoms with E-state index in [9.17, 15) is 19.5 Å². The van der Waals surface area contributed by atoms with E-state index in [0.717, 1.165) is 35.1 Å². The molecule has 2 unspecified atom stereocenters. The topological polar surface area (TPSA) is 129 Å². The summed E-state index contributed by atoms with van der Waals surface area (Å²) in [6, 6.07) is 16.0. The van der Waals surface area contributed by atoms with Gasteiger partial charge in [0.05, 0.1) is 6.07 Å². The maximum Gasteiger partial charge on any atom is 0.407 e. The molecule has 0 heterocycles. The fourth-order valence-electron chi connectivity index (χ4n) is 4.62. The van der Waals surface area contributed by atoms with Crippen LogP contribution in [0.25, 0.3) is 11.1 Å². The summed E-state index contributed by atoms with van der Waals surface area (Å²) in [6.07, 6.45) is 2.36. The Balaban J connectivity index is 1.39. The van der Waals surface area contributed by atoms with Gasteiger partial charge in [-0.15, -0.1) is 0 Å². The second-order valence-corrected chi connectivity index (χ2v) is 9.15. The van der Waals surface area contributed by atoms with Gasteiger partial charge in [0.25, 0.3) is 0 Å². The van der Waals surface area contributed by atoms with E-state index in [-0.39, 0.29) is 25.4 Å². The van der Waals surface area contributed by atoms with Gasteiger partial charge in [0.15, 0.2) is 0 Å². The van der Waals surface area contributed by atoms with Crippen LogP contribution in [0.5, 0.6) is 0 Å². The Morgan fingerprint density at radius 1 is 1.00 bits per heavy atom. The molecule has 8 nitrogen and oxygen atoms in total. The molecule has 35 heavy (non-hydrogen) atoms. The molecule has 0 aliphatic heterocycles. The van der Waals surface area contributed by atoms with Crippen molar-refractivity contribution in [3.63, 3.8) is 0 Å². The molecule has 1 saturated carbocycles. The first-order valence-electron chi connectivity index (χ1n) is 12.0. The molecule has 2 atom stereocenters. The van der Waals surface area contributed by atoms with Crippen molar-refractivity contribution >= 4 is 18.0 Å².